The molecule has 1 N–H and O–H groups in total. The molecule has 37 heavy (non-hydrogen) atoms. The van der Waals surface area contributed by atoms with Crippen molar-refractivity contribution in [1.82, 2.24) is 4.90 Å². The molecule has 3 unspecified atom stereocenters. The average Bonchev–Trinajstić information content (AvgIpc) is 2.92. The van der Waals surface area contributed by atoms with E-state index in [2.05, 4.69) is 25.7 Å². The van der Waals surface area contributed by atoms with Crippen LogP contribution < -0.4 is 4.74 Å². The van der Waals surface area contributed by atoms with Gasteiger partial charge >= 0.3 is 0 Å². The molecule has 2 aliphatic heterocycles. The van der Waals surface area contributed by atoms with E-state index in [1.165, 1.54) is 12.8 Å². The maximum absolute atomic E-state index is 13.7. The van der Waals surface area contributed by atoms with Gasteiger partial charge in [0, 0.05) is 24.1 Å². The Morgan fingerprint density at radius 1 is 0.919 bits per heavy atom. The highest BCUT2D eigenvalue weighted by atomic mass is 16.5. The Balaban J connectivity index is 1.27. The lowest BCUT2D eigenvalue weighted by molar-refractivity contribution is -0.222. The molecule has 5 fully saturated rings. The second kappa shape index (κ2) is 9.55. The van der Waals surface area contributed by atoms with Crippen LogP contribution in [0.2, 0.25) is 0 Å². The van der Waals surface area contributed by atoms with Crippen LogP contribution in [0.25, 0.3) is 0 Å². The van der Waals surface area contributed by atoms with Gasteiger partial charge in [-0.25, -0.2) is 0 Å². The summed E-state index contributed by atoms with van der Waals surface area (Å²) < 4.78 is 12.6. The molecule has 1 aromatic carbocycles. The fourth-order valence-electron chi connectivity index (χ4n) is 9.83. The van der Waals surface area contributed by atoms with Crippen molar-refractivity contribution in [3.05, 3.63) is 30.3 Å². The van der Waals surface area contributed by atoms with Crippen molar-refractivity contribution >= 4 is 5.91 Å². The Bertz CT molecular complexity index is 978. The van der Waals surface area contributed by atoms with Crippen molar-refractivity contribution in [3.63, 3.8) is 0 Å². The fourth-order valence-corrected chi connectivity index (χ4v) is 9.83. The van der Waals surface area contributed by atoms with Crippen LogP contribution in [-0.4, -0.2) is 52.9 Å². The molecule has 0 bridgehead atoms. The van der Waals surface area contributed by atoms with Gasteiger partial charge in [0.15, 0.2) is 0 Å². The average molecular weight is 510 g/mol. The van der Waals surface area contributed by atoms with Gasteiger partial charge < -0.3 is 19.5 Å². The first kappa shape index (κ1) is 25.7. The van der Waals surface area contributed by atoms with Crippen molar-refractivity contribution in [2.45, 2.75) is 115 Å². The first-order valence-electron chi connectivity index (χ1n) is 15.1. The number of hydrogen-bond acceptors (Lipinski definition) is 4. The van der Waals surface area contributed by atoms with Gasteiger partial charge in [-0.05, 0) is 113 Å². The van der Waals surface area contributed by atoms with Crippen LogP contribution in [0.4, 0.5) is 0 Å². The molecule has 5 aliphatic rings. The number of fused-ring (bicyclic) bond motifs is 5. The number of amides is 1. The molecule has 0 aromatic heterocycles. The van der Waals surface area contributed by atoms with Crippen LogP contribution in [0, 0.1) is 28.6 Å². The van der Waals surface area contributed by atoms with Crippen LogP contribution >= 0.6 is 0 Å². The Hall–Kier alpha value is -1.59. The first-order chi connectivity index (χ1) is 17.8. The zero-order chi connectivity index (χ0) is 25.8. The van der Waals surface area contributed by atoms with Gasteiger partial charge in [0.2, 0.25) is 0 Å². The number of carbonyl (C=O) groups excluding carboxylic acids is 1. The summed E-state index contributed by atoms with van der Waals surface area (Å²) in [5.41, 5.74) is -0.0141. The summed E-state index contributed by atoms with van der Waals surface area (Å²) in [6.45, 7) is 8.93. The summed E-state index contributed by atoms with van der Waals surface area (Å²) in [5, 5.41) is 11.2. The molecule has 5 heteroatoms. The fraction of sp³-hybridized carbons (Fsp3) is 0.781. The Labute approximate surface area is 223 Å². The number of aliphatic hydroxyl groups excluding tert-OH is 1. The number of benzene rings is 1. The van der Waals surface area contributed by atoms with Crippen molar-refractivity contribution < 1.29 is 19.4 Å². The summed E-state index contributed by atoms with van der Waals surface area (Å²) in [5.74, 6) is 2.91. The van der Waals surface area contributed by atoms with E-state index in [1.54, 1.807) is 0 Å². The third-order valence-corrected chi connectivity index (χ3v) is 12.1. The van der Waals surface area contributed by atoms with E-state index in [0.717, 1.165) is 76.7 Å². The number of para-hydroxylation sites is 1. The molecule has 3 saturated carbocycles. The number of piperidine rings is 1. The molecule has 0 radical (unpaired) electrons. The van der Waals surface area contributed by atoms with E-state index in [0.29, 0.717) is 17.8 Å². The first-order valence-corrected chi connectivity index (χ1v) is 15.1. The van der Waals surface area contributed by atoms with Crippen molar-refractivity contribution in [1.29, 1.82) is 0 Å². The molecule has 0 spiro atoms. The lowest BCUT2D eigenvalue weighted by Gasteiger charge is -2.68. The minimum Gasteiger partial charge on any atom is -0.487 e. The van der Waals surface area contributed by atoms with Crippen LogP contribution in [-0.2, 0) is 9.53 Å². The zero-order valence-electron chi connectivity index (χ0n) is 23.2. The maximum atomic E-state index is 13.7. The summed E-state index contributed by atoms with van der Waals surface area (Å²) in [4.78, 5) is 16.0. The molecule has 6 rings (SSSR count). The SMILES string of the molecule is C[C@]12CCC3C(CC[C@@]4(C)[C@@H](Oc5ccccc5)[C@@H](O)CC[C@]34C)C1CCCN2C(=O)[C@H]1CCCCO1. The highest BCUT2D eigenvalue weighted by Crippen LogP contribution is 2.68. The topological polar surface area (TPSA) is 59.0 Å². The summed E-state index contributed by atoms with van der Waals surface area (Å²) in [6, 6.07) is 10.1. The van der Waals surface area contributed by atoms with E-state index in [9.17, 15) is 9.90 Å². The number of likely N-dealkylation sites (tertiary alicyclic amines) is 1. The highest BCUT2D eigenvalue weighted by molar-refractivity contribution is 5.82. The molecule has 1 aromatic rings. The summed E-state index contributed by atoms with van der Waals surface area (Å²) in [6.07, 6.45) is 10.9. The van der Waals surface area contributed by atoms with Gasteiger partial charge in [-0.15, -0.1) is 0 Å². The Morgan fingerprint density at radius 3 is 2.46 bits per heavy atom. The smallest absolute Gasteiger partial charge is 0.252 e. The molecule has 9 atom stereocenters. The molecular weight excluding hydrogens is 462 g/mol. The zero-order valence-corrected chi connectivity index (χ0v) is 23.2. The maximum Gasteiger partial charge on any atom is 0.252 e. The van der Waals surface area contributed by atoms with E-state index >= 15 is 0 Å². The van der Waals surface area contributed by atoms with Crippen LogP contribution in [0.5, 0.6) is 5.75 Å². The molecule has 5 nitrogen and oxygen atoms in total. The van der Waals surface area contributed by atoms with Gasteiger partial charge in [0.25, 0.3) is 5.91 Å². The number of rotatable bonds is 3. The van der Waals surface area contributed by atoms with Gasteiger partial charge in [-0.2, -0.15) is 0 Å². The minimum absolute atomic E-state index is 0.0600. The van der Waals surface area contributed by atoms with Crippen LogP contribution in [0.3, 0.4) is 0 Å². The quantitative estimate of drug-likeness (QED) is 0.544. The second-order valence-corrected chi connectivity index (χ2v) is 13.6. The van der Waals surface area contributed by atoms with Gasteiger partial charge in [-0.3, -0.25) is 4.79 Å². The monoisotopic (exact) mass is 509 g/mol. The van der Waals surface area contributed by atoms with Gasteiger partial charge in [0.1, 0.15) is 18.0 Å². The molecule has 3 aliphatic carbocycles. The van der Waals surface area contributed by atoms with E-state index in [1.807, 2.05) is 30.3 Å². The molecular formula is C32H47NO4. The number of nitrogens with zero attached hydrogens (tertiary/aromatic N) is 1. The van der Waals surface area contributed by atoms with Crippen LogP contribution in [0.15, 0.2) is 30.3 Å². The Kier molecular flexibility index (Phi) is 6.63. The third kappa shape index (κ3) is 3.97. The molecule has 2 saturated heterocycles. The molecule has 1 amide bonds. The number of hydrogen-bond donors (Lipinski definition) is 1. The normalized spacial score (nSPS) is 45.8. The lowest BCUT2D eigenvalue weighted by Crippen LogP contribution is -2.69. The largest absolute Gasteiger partial charge is 0.487 e. The van der Waals surface area contributed by atoms with Crippen molar-refractivity contribution in [3.8, 4) is 5.75 Å². The van der Waals surface area contributed by atoms with Crippen molar-refractivity contribution in [2.24, 2.45) is 28.6 Å². The van der Waals surface area contributed by atoms with Gasteiger partial charge in [-0.1, -0.05) is 32.0 Å². The van der Waals surface area contributed by atoms with E-state index in [4.69, 9.17) is 9.47 Å². The predicted octanol–water partition coefficient (Wildman–Crippen LogP) is 5.99. The highest BCUT2D eigenvalue weighted by Gasteiger charge is 2.66. The minimum atomic E-state index is -0.429. The van der Waals surface area contributed by atoms with E-state index < -0.39 is 6.10 Å². The molecule has 204 valence electrons. The van der Waals surface area contributed by atoms with Crippen molar-refractivity contribution in [2.75, 3.05) is 13.2 Å². The van der Waals surface area contributed by atoms with Crippen LogP contribution in [0.1, 0.15) is 91.4 Å². The summed E-state index contributed by atoms with van der Waals surface area (Å²) >= 11 is 0. The standard InChI is InChI=1S/C32H47NO4/c1-30-18-16-26(34)28(37-22-10-5-4-6-11-22)31(30,2)17-14-23-24(30)15-19-32(3)25(23)12-9-20-33(32)29(35)27-13-7-8-21-36-27/h4-6,10-11,23-28,34H,7-9,12-21H2,1-3H3/t23?,24?,25?,26-,27+,28-,30+,31-,32-/m0/s1. The predicted molar refractivity (Wildman–Crippen MR) is 144 cm³/mol. The van der Waals surface area contributed by atoms with E-state index in [-0.39, 0.29) is 34.5 Å². The Morgan fingerprint density at radius 2 is 1.70 bits per heavy atom. The second-order valence-electron chi connectivity index (χ2n) is 13.6. The third-order valence-electron chi connectivity index (χ3n) is 12.1. The number of carbonyl (C=O) groups is 1. The van der Waals surface area contributed by atoms with Gasteiger partial charge in [0.05, 0.1) is 6.10 Å². The lowest BCUT2D eigenvalue weighted by atomic mass is 9.40. The summed E-state index contributed by atoms with van der Waals surface area (Å²) in [7, 11) is 0. The number of aliphatic hydroxyl groups is 1. The number of ether oxygens (including phenoxy) is 2. The molecule has 2 heterocycles.